The van der Waals surface area contributed by atoms with E-state index in [1.165, 1.54) is 12.8 Å². The Morgan fingerprint density at radius 3 is 2.47 bits per heavy atom. The van der Waals surface area contributed by atoms with Crippen molar-refractivity contribution in [3.05, 3.63) is 0 Å². The summed E-state index contributed by atoms with van der Waals surface area (Å²) in [6, 6.07) is 0.233. The monoisotopic (exact) mass is 244 g/mol. The lowest BCUT2D eigenvalue weighted by Gasteiger charge is -2.30. The van der Waals surface area contributed by atoms with Crippen LogP contribution in [0.25, 0.3) is 0 Å². The Kier molecular flexibility index (Phi) is 5.86. The molecule has 2 unspecified atom stereocenters. The molecule has 1 aliphatic carbocycles. The maximum atomic E-state index is 5.83. The van der Waals surface area contributed by atoms with Gasteiger partial charge in [0.2, 0.25) is 0 Å². The van der Waals surface area contributed by atoms with Crippen molar-refractivity contribution < 1.29 is 9.47 Å². The lowest BCUT2D eigenvalue weighted by molar-refractivity contribution is -0.00986. The zero-order chi connectivity index (χ0) is 12.9. The first-order valence-corrected chi connectivity index (χ1v) is 6.67. The van der Waals surface area contributed by atoms with Crippen LogP contribution in [0.2, 0.25) is 0 Å². The summed E-state index contributed by atoms with van der Waals surface area (Å²) in [6.07, 6.45) is 4.78. The van der Waals surface area contributed by atoms with Crippen LogP contribution in [0.1, 0.15) is 46.5 Å². The lowest BCUT2D eigenvalue weighted by atomic mass is 9.94. The molecule has 0 aliphatic heterocycles. The molecule has 4 heteroatoms. The fraction of sp³-hybridized carbons (Fsp3) is 1.00. The summed E-state index contributed by atoms with van der Waals surface area (Å²) in [4.78, 5) is 0. The number of hydrogen-bond acceptors (Lipinski definition) is 4. The third-order valence-corrected chi connectivity index (χ3v) is 3.67. The quantitative estimate of drug-likeness (QED) is 0.480. The van der Waals surface area contributed by atoms with E-state index in [1.807, 2.05) is 6.92 Å². The smallest absolute Gasteiger partial charge is 0.0769 e. The van der Waals surface area contributed by atoms with Crippen LogP contribution in [0.5, 0.6) is 0 Å². The van der Waals surface area contributed by atoms with Crippen molar-refractivity contribution in [1.82, 2.24) is 5.43 Å². The number of nitrogens with one attached hydrogen (secondary N) is 1. The van der Waals surface area contributed by atoms with Gasteiger partial charge in [-0.3, -0.25) is 11.3 Å². The van der Waals surface area contributed by atoms with E-state index in [-0.39, 0.29) is 17.7 Å². The number of methoxy groups -OCH3 is 1. The van der Waals surface area contributed by atoms with Gasteiger partial charge in [-0.25, -0.2) is 0 Å². The van der Waals surface area contributed by atoms with Crippen molar-refractivity contribution in [3.8, 4) is 0 Å². The van der Waals surface area contributed by atoms with Gasteiger partial charge in [-0.1, -0.05) is 0 Å². The summed E-state index contributed by atoms with van der Waals surface area (Å²) in [6.45, 7) is 7.01. The highest BCUT2D eigenvalue weighted by atomic mass is 16.5. The van der Waals surface area contributed by atoms with Crippen LogP contribution in [-0.2, 0) is 9.47 Å². The number of rotatable bonds is 9. The van der Waals surface area contributed by atoms with Crippen LogP contribution in [0.15, 0.2) is 0 Å². The normalized spacial score (nSPS) is 20.3. The molecule has 1 fully saturated rings. The molecule has 0 spiro atoms. The average molecular weight is 244 g/mol. The van der Waals surface area contributed by atoms with Gasteiger partial charge in [0.15, 0.2) is 0 Å². The average Bonchev–Trinajstić information content (AvgIpc) is 3.12. The molecule has 1 saturated carbocycles. The highest BCUT2D eigenvalue weighted by Crippen LogP contribution is 2.37. The molecule has 0 aromatic rings. The third-order valence-electron chi connectivity index (χ3n) is 3.67. The summed E-state index contributed by atoms with van der Waals surface area (Å²) in [5, 5.41) is 0. The molecular weight excluding hydrogens is 216 g/mol. The minimum atomic E-state index is -0.0879. The Bertz CT molecular complexity index is 217. The molecule has 1 rings (SSSR count). The van der Waals surface area contributed by atoms with Crippen molar-refractivity contribution >= 4 is 0 Å². The van der Waals surface area contributed by atoms with Gasteiger partial charge >= 0.3 is 0 Å². The Labute approximate surface area is 105 Å². The molecule has 1 aliphatic rings. The van der Waals surface area contributed by atoms with Crippen LogP contribution in [0.4, 0.5) is 0 Å². The van der Waals surface area contributed by atoms with Crippen LogP contribution >= 0.6 is 0 Å². The van der Waals surface area contributed by atoms with Gasteiger partial charge in [0.1, 0.15) is 0 Å². The minimum Gasteiger partial charge on any atom is -0.379 e. The van der Waals surface area contributed by atoms with E-state index in [0.717, 1.165) is 19.4 Å². The summed E-state index contributed by atoms with van der Waals surface area (Å²) >= 11 is 0. The van der Waals surface area contributed by atoms with Gasteiger partial charge in [-0.05, 0) is 52.4 Å². The Morgan fingerprint density at radius 1 is 1.41 bits per heavy atom. The third kappa shape index (κ3) is 4.92. The molecule has 0 bridgehead atoms. The Morgan fingerprint density at radius 2 is 2.06 bits per heavy atom. The fourth-order valence-electron chi connectivity index (χ4n) is 2.15. The van der Waals surface area contributed by atoms with Crippen LogP contribution in [0, 0.1) is 5.92 Å². The Balaban J connectivity index is 2.44. The van der Waals surface area contributed by atoms with E-state index >= 15 is 0 Å². The zero-order valence-electron chi connectivity index (χ0n) is 11.7. The van der Waals surface area contributed by atoms with E-state index in [1.54, 1.807) is 7.11 Å². The maximum Gasteiger partial charge on any atom is 0.0769 e. The molecule has 4 nitrogen and oxygen atoms in total. The molecule has 102 valence electrons. The van der Waals surface area contributed by atoms with Crippen molar-refractivity contribution in [2.45, 2.75) is 64.2 Å². The summed E-state index contributed by atoms with van der Waals surface area (Å²) in [5.41, 5.74) is 2.84. The first kappa shape index (κ1) is 14.9. The number of hydrogen-bond donors (Lipinski definition) is 2. The van der Waals surface area contributed by atoms with Crippen molar-refractivity contribution in [2.24, 2.45) is 11.8 Å². The van der Waals surface area contributed by atoms with Gasteiger partial charge in [-0.15, -0.1) is 0 Å². The zero-order valence-corrected chi connectivity index (χ0v) is 11.7. The molecule has 0 saturated heterocycles. The van der Waals surface area contributed by atoms with Crippen molar-refractivity contribution in [2.75, 3.05) is 13.7 Å². The van der Waals surface area contributed by atoms with Gasteiger partial charge in [0.25, 0.3) is 0 Å². The highest BCUT2D eigenvalue weighted by Gasteiger charge is 2.37. The molecule has 0 radical (unpaired) electrons. The highest BCUT2D eigenvalue weighted by molar-refractivity contribution is 4.90. The molecule has 3 N–H and O–H groups in total. The molecule has 0 heterocycles. The fourth-order valence-corrected chi connectivity index (χ4v) is 2.15. The lowest BCUT2D eigenvalue weighted by Crippen LogP contribution is -2.47. The SMILES string of the molecule is CCOC(C1CC1)C(CCC(C)(C)OC)NN. The number of nitrogens with two attached hydrogens (primary N) is 1. The van der Waals surface area contributed by atoms with Gasteiger partial charge in [-0.2, -0.15) is 0 Å². The van der Waals surface area contributed by atoms with Gasteiger partial charge < -0.3 is 9.47 Å². The number of hydrazine groups is 1. The Hall–Kier alpha value is -0.160. The van der Waals surface area contributed by atoms with E-state index < -0.39 is 0 Å². The maximum absolute atomic E-state index is 5.83. The standard InChI is InChI=1S/C13H28N2O2/c1-5-17-12(10-6-7-10)11(15-14)8-9-13(2,3)16-4/h10-12,15H,5-9,14H2,1-4H3. The van der Waals surface area contributed by atoms with Gasteiger partial charge in [0, 0.05) is 19.8 Å². The van der Waals surface area contributed by atoms with Crippen LogP contribution in [0.3, 0.4) is 0 Å². The second-order valence-electron chi connectivity index (χ2n) is 5.53. The van der Waals surface area contributed by atoms with Crippen LogP contribution in [-0.4, -0.2) is 31.5 Å². The second kappa shape index (κ2) is 6.69. The molecule has 0 aromatic carbocycles. The molecule has 2 atom stereocenters. The molecule has 0 amide bonds. The summed E-state index contributed by atoms with van der Waals surface area (Å²) in [5.74, 6) is 6.37. The molecular formula is C13H28N2O2. The molecule has 17 heavy (non-hydrogen) atoms. The predicted octanol–water partition coefficient (Wildman–Crippen LogP) is 1.84. The second-order valence-corrected chi connectivity index (χ2v) is 5.53. The first-order chi connectivity index (χ1) is 8.04. The molecule has 0 aromatic heterocycles. The largest absolute Gasteiger partial charge is 0.379 e. The first-order valence-electron chi connectivity index (χ1n) is 6.67. The summed E-state index contributed by atoms with van der Waals surface area (Å²) < 4.78 is 11.3. The van der Waals surface area contributed by atoms with E-state index in [0.29, 0.717) is 5.92 Å². The number of ether oxygens (including phenoxy) is 2. The minimum absolute atomic E-state index is 0.0879. The van der Waals surface area contributed by atoms with Crippen LogP contribution < -0.4 is 11.3 Å². The summed E-state index contributed by atoms with van der Waals surface area (Å²) in [7, 11) is 1.76. The van der Waals surface area contributed by atoms with Gasteiger partial charge in [0.05, 0.1) is 11.7 Å². The van der Waals surface area contributed by atoms with E-state index in [4.69, 9.17) is 15.3 Å². The van der Waals surface area contributed by atoms with Crippen molar-refractivity contribution in [3.63, 3.8) is 0 Å². The van der Waals surface area contributed by atoms with Crippen molar-refractivity contribution in [1.29, 1.82) is 0 Å². The van der Waals surface area contributed by atoms with E-state index in [9.17, 15) is 0 Å². The topological polar surface area (TPSA) is 56.5 Å². The predicted molar refractivity (Wildman–Crippen MR) is 69.6 cm³/mol. The van der Waals surface area contributed by atoms with E-state index in [2.05, 4.69) is 19.3 Å².